The van der Waals surface area contributed by atoms with Gasteiger partial charge in [0.2, 0.25) is 0 Å². The van der Waals surface area contributed by atoms with Crippen molar-refractivity contribution in [3.05, 3.63) is 46.1 Å². The minimum Gasteiger partial charge on any atom is -0.463 e. The maximum absolute atomic E-state index is 5.80. The van der Waals surface area contributed by atoms with Crippen LogP contribution in [0.2, 0.25) is 0 Å². The van der Waals surface area contributed by atoms with Gasteiger partial charge in [0, 0.05) is 26.4 Å². The number of hydrogen-bond donors (Lipinski definition) is 2. The standard InChI is InChI=1S/C24H32N4O8/c1-15-5-17-18(6-16(15)2)26-24-23(25-17)27-19-7-21(35-13-33-11-31-9-29-3)22(8-20(19)28-24)36-14-34-12-32-10-30-4/h5-8,23-24,27-28H,9-14H2,1-4H3. The molecule has 0 saturated heterocycles. The van der Waals surface area contributed by atoms with Crippen molar-refractivity contribution in [3.63, 3.8) is 0 Å². The van der Waals surface area contributed by atoms with Gasteiger partial charge in [0.25, 0.3) is 0 Å². The second kappa shape index (κ2) is 12.8. The Hall–Kier alpha value is -3.00. The highest BCUT2D eigenvalue weighted by atomic mass is 16.8. The zero-order valence-electron chi connectivity index (χ0n) is 20.9. The van der Waals surface area contributed by atoms with E-state index < -0.39 is 0 Å². The van der Waals surface area contributed by atoms with Crippen LogP contribution in [0.15, 0.2) is 34.3 Å². The van der Waals surface area contributed by atoms with E-state index in [2.05, 4.69) is 36.6 Å². The number of hydrogen-bond acceptors (Lipinski definition) is 12. The molecule has 0 amide bonds. The molecule has 4 rings (SSSR count). The smallest absolute Gasteiger partial charge is 0.191 e. The van der Waals surface area contributed by atoms with Crippen LogP contribution in [-0.2, 0) is 28.4 Å². The number of rotatable bonds is 14. The molecule has 12 heteroatoms. The molecule has 12 nitrogen and oxygen atoms in total. The van der Waals surface area contributed by atoms with Crippen LogP contribution in [0.4, 0.5) is 11.4 Å². The van der Waals surface area contributed by atoms with Crippen LogP contribution in [0.3, 0.4) is 0 Å². The van der Waals surface area contributed by atoms with Gasteiger partial charge in [-0.3, -0.25) is 9.98 Å². The Morgan fingerprint density at radius 3 is 1.44 bits per heavy atom. The Bertz CT molecular complexity index is 1060. The molecule has 0 saturated carbocycles. The number of nitrogens with one attached hydrogen (secondary N) is 2. The lowest BCUT2D eigenvalue weighted by Crippen LogP contribution is -2.48. The fraction of sp³-hybridized carbons (Fsp3) is 0.500. The number of benzene rings is 2. The molecule has 2 unspecified atom stereocenters. The van der Waals surface area contributed by atoms with Gasteiger partial charge in [-0.2, -0.15) is 0 Å². The van der Waals surface area contributed by atoms with Gasteiger partial charge in [-0.05, 0) is 37.1 Å². The van der Waals surface area contributed by atoms with Crippen LogP contribution in [-0.4, -0.2) is 67.3 Å². The van der Waals surface area contributed by atoms with Crippen LogP contribution in [0.25, 0.3) is 0 Å². The van der Waals surface area contributed by atoms with Crippen molar-refractivity contribution in [2.45, 2.75) is 26.2 Å². The highest BCUT2D eigenvalue weighted by molar-refractivity contribution is 5.76. The van der Waals surface area contributed by atoms with Crippen molar-refractivity contribution < 1.29 is 37.9 Å². The van der Waals surface area contributed by atoms with Crippen LogP contribution < -0.4 is 30.8 Å². The molecule has 0 bridgehead atoms. The fourth-order valence-corrected chi connectivity index (χ4v) is 3.63. The molecule has 0 aromatic heterocycles. The minimum absolute atomic E-state index is 0.0250. The molecule has 2 aliphatic heterocycles. The molecular weight excluding hydrogens is 472 g/mol. The average Bonchev–Trinajstić information content (AvgIpc) is 2.87. The molecule has 2 aromatic rings. The third-order valence-electron chi connectivity index (χ3n) is 5.47. The van der Waals surface area contributed by atoms with Gasteiger partial charge in [-0.15, -0.1) is 0 Å². The van der Waals surface area contributed by atoms with Gasteiger partial charge >= 0.3 is 0 Å². The number of fused-ring (bicyclic) bond motifs is 3. The highest BCUT2D eigenvalue weighted by Crippen LogP contribution is 2.40. The molecule has 196 valence electrons. The van der Waals surface area contributed by atoms with E-state index in [0.717, 1.165) is 22.1 Å². The van der Waals surface area contributed by atoms with E-state index >= 15 is 0 Å². The molecule has 0 radical (unpaired) electrons. The van der Waals surface area contributed by atoms with E-state index in [1.165, 1.54) is 25.3 Å². The number of nitrogens with zero attached hydrogens (tertiary/aromatic N) is 2. The Kier molecular flexibility index (Phi) is 9.28. The largest absolute Gasteiger partial charge is 0.463 e. The van der Waals surface area contributed by atoms with E-state index in [-0.39, 0.29) is 53.1 Å². The maximum Gasteiger partial charge on any atom is 0.191 e. The molecule has 0 spiro atoms. The van der Waals surface area contributed by atoms with Crippen molar-refractivity contribution in [2.24, 2.45) is 9.98 Å². The number of anilines is 2. The summed E-state index contributed by atoms with van der Waals surface area (Å²) in [5.41, 5.74) is 3.95. The first-order chi connectivity index (χ1) is 17.6. The lowest BCUT2D eigenvalue weighted by molar-refractivity contribution is -0.148. The SMILES string of the molecule is COCOCOCOc1cc2c(cc1OCOCOCOC)NC1N=c3cc(C)c(C)cc3=NC1N2. The zero-order chi connectivity index (χ0) is 25.3. The molecule has 2 heterocycles. The average molecular weight is 505 g/mol. The van der Waals surface area contributed by atoms with Crippen molar-refractivity contribution in [2.75, 3.05) is 65.6 Å². The summed E-state index contributed by atoms with van der Waals surface area (Å²) >= 11 is 0. The quantitative estimate of drug-likeness (QED) is 0.290. The lowest BCUT2D eigenvalue weighted by Gasteiger charge is -2.33. The van der Waals surface area contributed by atoms with Crippen molar-refractivity contribution in [1.82, 2.24) is 0 Å². The Labute approximate surface area is 209 Å². The molecule has 36 heavy (non-hydrogen) atoms. The highest BCUT2D eigenvalue weighted by Gasteiger charge is 2.30. The molecular formula is C24H32N4O8. The summed E-state index contributed by atoms with van der Waals surface area (Å²) in [6.07, 6.45) is -0.543. The third kappa shape index (κ3) is 6.60. The predicted molar refractivity (Wildman–Crippen MR) is 128 cm³/mol. The minimum atomic E-state index is -0.272. The zero-order valence-corrected chi connectivity index (χ0v) is 20.9. The Morgan fingerprint density at radius 2 is 1.03 bits per heavy atom. The first-order valence-electron chi connectivity index (χ1n) is 11.4. The van der Waals surface area contributed by atoms with E-state index in [0.29, 0.717) is 11.5 Å². The normalized spacial score (nSPS) is 17.4. The molecule has 2 N–H and O–H groups in total. The van der Waals surface area contributed by atoms with E-state index in [4.69, 9.17) is 47.9 Å². The van der Waals surface area contributed by atoms with E-state index in [1.54, 1.807) is 0 Å². The predicted octanol–water partition coefficient (Wildman–Crippen LogP) is 1.61. The van der Waals surface area contributed by atoms with Gasteiger partial charge in [0.1, 0.15) is 13.6 Å². The van der Waals surface area contributed by atoms with Gasteiger partial charge in [-0.1, -0.05) is 0 Å². The van der Waals surface area contributed by atoms with Gasteiger partial charge in [-0.25, -0.2) is 0 Å². The first kappa shape index (κ1) is 26.1. The van der Waals surface area contributed by atoms with Gasteiger partial charge in [0.05, 0.1) is 22.1 Å². The van der Waals surface area contributed by atoms with Crippen LogP contribution in [0.5, 0.6) is 11.5 Å². The van der Waals surface area contributed by atoms with E-state index in [9.17, 15) is 0 Å². The summed E-state index contributed by atoms with van der Waals surface area (Å²) in [5, 5.41) is 8.62. The molecule has 0 aliphatic carbocycles. The molecule has 2 atom stereocenters. The number of methoxy groups -OCH3 is 2. The topological polar surface area (TPSA) is 123 Å². The Morgan fingerprint density at radius 1 is 0.611 bits per heavy atom. The molecule has 2 aliphatic rings. The summed E-state index contributed by atoms with van der Waals surface area (Å²) in [7, 11) is 3.07. The fourth-order valence-electron chi connectivity index (χ4n) is 3.63. The summed E-state index contributed by atoms with van der Waals surface area (Å²) in [6.45, 7) is 4.34. The van der Waals surface area contributed by atoms with Crippen molar-refractivity contribution in [3.8, 4) is 11.5 Å². The summed E-state index contributed by atoms with van der Waals surface area (Å²) in [5.74, 6) is 0.906. The van der Waals surface area contributed by atoms with Crippen LogP contribution in [0, 0.1) is 13.8 Å². The molecule has 2 aromatic carbocycles. The third-order valence-corrected chi connectivity index (χ3v) is 5.47. The second-order valence-electron chi connectivity index (χ2n) is 8.10. The van der Waals surface area contributed by atoms with Gasteiger partial charge in [0.15, 0.2) is 51.0 Å². The number of ether oxygens (including phenoxy) is 8. The number of aryl methyl sites for hydroxylation is 2. The Balaban J connectivity index is 1.49. The second-order valence-corrected chi connectivity index (χ2v) is 8.10. The summed E-state index contributed by atoms with van der Waals surface area (Å²) < 4.78 is 42.1. The summed E-state index contributed by atoms with van der Waals surface area (Å²) in [6, 6.07) is 7.76. The van der Waals surface area contributed by atoms with Crippen molar-refractivity contribution in [1.29, 1.82) is 0 Å². The van der Waals surface area contributed by atoms with Gasteiger partial charge < -0.3 is 48.5 Å². The summed E-state index contributed by atoms with van der Waals surface area (Å²) in [4.78, 5) is 9.75. The first-order valence-corrected chi connectivity index (χ1v) is 11.4. The van der Waals surface area contributed by atoms with Crippen LogP contribution in [0.1, 0.15) is 11.1 Å². The maximum atomic E-state index is 5.80. The van der Waals surface area contributed by atoms with E-state index in [1.807, 2.05) is 12.1 Å². The lowest BCUT2D eigenvalue weighted by atomic mass is 10.1. The molecule has 0 fully saturated rings. The monoisotopic (exact) mass is 504 g/mol. The van der Waals surface area contributed by atoms with Crippen molar-refractivity contribution >= 4 is 11.4 Å². The van der Waals surface area contributed by atoms with Crippen LogP contribution >= 0.6 is 0 Å².